The molecule has 0 bridgehead atoms. The van der Waals surface area contributed by atoms with E-state index in [0.29, 0.717) is 32.0 Å². The van der Waals surface area contributed by atoms with Crippen LogP contribution < -0.4 is 15.6 Å². The average molecular weight is 643 g/mol. The van der Waals surface area contributed by atoms with E-state index in [0.717, 1.165) is 0 Å². The molecule has 0 radical (unpaired) electrons. The molecule has 0 aliphatic carbocycles. The molecule has 5 amide bonds. The molecule has 1 atom stereocenters. The zero-order chi connectivity index (χ0) is 32.0. The Morgan fingerprint density at radius 1 is 1.09 bits per heavy atom. The number of hydrazone groups is 1. The van der Waals surface area contributed by atoms with Gasteiger partial charge < -0.3 is 10.2 Å². The van der Waals surface area contributed by atoms with E-state index in [-0.39, 0.29) is 25.1 Å². The molecule has 0 aromatic heterocycles. The molecule has 3 aromatic carbocycles. The Labute approximate surface area is 262 Å². The van der Waals surface area contributed by atoms with Crippen molar-refractivity contribution in [2.45, 2.75) is 38.4 Å². The van der Waals surface area contributed by atoms with Crippen LogP contribution in [0.25, 0.3) is 0 Å². The molecule has 1 aliphatic rings. The minimum atomic E-state index is -1.17. The zero-order valence-corrected chi connectivity index (χ0v) is 25.2. The van der Waals surface area contributed by atoms with Crippen LogP contribution in [-0.4, -0.2) is 62.5 Å². The molecule has 230 valence electrons. The summed E-state index contributed by atoms with van der Waals surface area (Å²) in [6.07, 6.45) is 0.350. The molecule has 1 saturated heterocycles. The normalized spacial score (nSPS) is 15.8. The van der Waals surface area contributed by atoms with Gasteiger partial charge in [0.25, 0.3) is 5.69 Å². The standard InChI is InChI=1S/C29H29Cl2N7O6/c1-29(2)26(37(42)27(40)33-22-12-8-20(30)9-13-22)36(23-14-10-21(31)11-15-23)28(41)35(29)16-4-7-25(39)34-32-18-19-5-3-6-24(17-19)38(43)44/h3,5-6,8-15,17-18,26,42H,4,7,16H2,1-2H3,(H,33,40)(H,34,39)/b32-18+/t26-/m1/s1. The van der Waals surface area contributed by atoms with Crippen molar-refractivity contribution < 1.29 is 24.5 Å². The van der Waals surface area contributed by atoms with E-state index in [1.54, 1.807) is 68.4 Å². The predicted molar refractivity (Wildman–Crippen MR) is 166 cm³/mol. The van der Waals surface area contributed by atoms with Gasteiger partial charge in [-0.15, -0.1) is 0 Å². The van der Waals surface area contributed by atoms with Crippen LogP contribution >= 0.6 is 23.2 Å². The minimum absolute atomic E-state index is 0.00234. The van der Waals surface area contributed by atoms with Crippen LogP contribution in [0.1, 0.15) is 32.3 Å². The highest BCUT2D eigenvalue weighted by Crippen LogP contribution is 2.38. The van der Waals surface area contributed by atoms with Gasteiger partial charge >= 0.3 is 12.1 Å². The zero-order valence-electron chi connectivity index (χ0n) is 23.7. The minimum Gasteiger partial charge on any atom is -0.315 e. The number of anilines is 2. The van der Waals surface area contributed by atoms with E-state index in [1.165, 1.54) is 34.2 Å². The highest BCUT2D eigenvalue weighted by molar-refractivity contribution is 6.31. The number of hydrogen-bond donors (Lipinski definition) is 3. The second kappa shape index (κ2) is 13.7. The van der Waals surface area contributed by atoms with Crippen molar-refractivity contribution in [2.75, 3.05) is 16.8 Å². The number of nitro groups is 1. The topological polar surface area (TPSA) is 161 Å². The lowest BCUT2D eigenvalue weighted by Gasteiger charge is -2.38. The first-order valence-corrected chi connectivity index (χ1v) is 14.1. The van der Waals surface area contributed by atoms with Crippen molar-refractivity contribution >= 4 is 64.4 Å². The van der Waals surface area contributed by atoms with E-state index in [2.05, 4.69) is 15.8 Å². The van der Waals surface area contributed by atoms with Crippen LogP contribution in [0, 0.1) is 10.1 Å². The van der Waals surface area contributed by atoms with Crippen LogP contribution in [0.3, 0.4) is 0 Å². The van der Waals surface area contributed by atoms with Crippen molar-refractivity contribution in [1.82, 2.24) is 15.4 Å². The maximum absolute atomic E-state index is 13.8. The Balaban J connectivity index is 1.45. The Hall–Kier alpha value is -4.72. The molecule has 4 rings (SSSR count). The van der Waals surface area contributed by atoms with Crippen LogP contribution in [0.5, 0.6) is 0 Å². The second-order valence-electron chi connectivity index (χ2n) is 10.3. The number of nitrogens with zero attached hydrogens (tertiary/aromatic N) is 5. The summed E-state index contributed by atoms with van der Waals surface area (Å²) in [5.74, 6) is -0.437. The number of hydroxylamine groups is 2. The molecule has 1 aliphatic heterocycles. The summed E-state index contributed by atoms with van der Waals surface area (Å²) >= 11 is 12.0. The van der Waals surface area contributed by atoms with E-state index in [4.69, 9.17) is 23.2 Å². The van der Waals surface area contributed by atoms with Gasteiger partial charge in [0.15, 0.2) is 6.17 Å². The van der Waals surface area contributed by atoms with Crippen LogP contribution in [-0.2, 0) is 4.79 Å². The van der Waals surface area contributed by atoms with Crippen molar-refractivity contribution in [3.05, 3.63) is 98.5 Å². The monoisotopic (exact) mass is 641 g/mol. The molecule has 44 heavy (non-hydrogen) atoms. The Bertz CT molecular complexity index is 1570. The largest absolute Gasteiger partial charge is 0.347 e. The number of non-ortho nitro benzene ring substituents is 1. The van der Waals surface area contributed by atoms with Gasteiger partial charge in [-0.05, 0) is 68.8 Å². The van der Waals surface area contributed by atoms with Crippen LogP contribution in [0.2, 0.25) is 10.0 Å². The van der Waals surface area contributed by atoms with Gasteiger partial charge in [0.2, 0.25) is 5.91 Å². The van der Waals surface area contributed by atoms with Gasteiger partial charge in [0.05, 0.1) is 16.7 Å². The lowest BCUT2D eigenvalue weighted by Crippen LogP contribution is -2.58. The molecule has 3 N–H and O–H groups in total. The smallest absolute Gasteiger partial charge is 0.315 e. The summed E-state index contributed by atoms with van der Waals surface area (Å²) in [6, 6.07) is 17.1. The van der Waals surface area contributed by atoms with Crippen LogP contribution in [0.4, 0.5) is 26.7 Å². The average Bonchev–Trinajstić information content (AvgIpc) is 3.18. The maximum Gasteiger partial charge on any atom is 0.347 e. The molecule has 1 fully saturated rings. The SMILES string of the molecule is CC1(C)[C@@H](N(O)C(=O)Nc2ccc(Cl)cc2)N(c2ccc(Cl)cc2)C(=O)N1CCCC(=O)N/N=C/c1cccc([N+](=O)[O-])c1. The maximum atomic E-state index is 13.8. The number of halogens is 2. The number of amides is 5. The van der Waals surface area contributed by atoms with Crippen molar-refractivity contribution in [2.24, 2.45) is 5.10 Å². The quantitative estimate of drug-likeness (QED) is 0.105. The number of hydrogen-bond acceptors (Lipinski definition) is 7. The fraction of sp³-hybridized carbons (Fsp3) is 0.241. The summed E-state index contributed by atoms with van der Waals surface area (Å²) in [5, 5.41) is 29.9. The number of rotatable bonds is 10. The summed E-state index contributed by atoms with van der Waals surface area (Å²) in [5.41, 5.74) is 2.36. The number of carbonyl (C=O) groups excluding carboxylic acids is 3. The molecule has 0 saturated carbocycles. The molecular weight excluding hydrogens is 613 g/mol. The third-order valence-corrected chi connectivity index (χ3v) is 7.42. The Kier molecular flexibility index (Phi) is 10.0. The van der Waals surface area contributed by atoms with Crippen molar-refractivity contribution in [3.63, 3.8) is 0 Å². The lowest BCUT2D eigenvalue weighted by atomic mass is 9.99. The predicted octanol–water partition coefficient (Wildman–Crippen LogP) is 6.10. The first kappa shape index (κ1) is 32.2. The molecule has 3 aromatic rings. The first-order chi connectivity index (χ1) is 20.9. The fourth-order valence-corrected chi connectivity index (χ4v) is 5.01. The Morgan fingerprint density at radius 2 is 1.73 bits per heavy atom. The Morgan fingerprint density at radius 3 is 2.36 bits per heavy atom. The third-order valence-electron chi connectivity index (χ3n) is 6.92. The lowest BCUT2D eigenvalue weighted by molar-refractivity contribution is -0.384. The number of benzene rings is 3. The molecule has 0 unspecified atom stereocenters. The van der Waals surface area contributed by atoms with E-state index in [9.17, 15) is 29.7 Å². The number of nitro benzene ring substituents is 1. The van der Waals surface area contributed by atoms with Crippen LogP contribution in [0.15, 0.2) is 77.9 Å². The fourth-order valence-electron chi connectivity index (χ4n) is 4.76. The van der Waals surface area contributed by atoms with Gasteiger partial charge in [-0.3, -0.25) is 25.0 Å². The number of nitrogens with one attached hydrogen (secondary N) is 2. The van der Waals surface area contributed by atoms with Gasteiger partial charge in [0, 0.05) is 52.1 Å². The summed E-state index contributed by atoms with van der Waals surface area (Å²) in [4.78, 5) is 52.5. The molecule has 0 spiro atoms. The van der Waals surface area contributed by atoms with Gasteiger partial charge in [-0.25, -0.2) is 15.0 Å². The summed E-state index contributed by atoms with van der Waals surface area (Å²) < 4.78 is 0. The van der Waals surface area contributed by atoms with E-state index in [1.807, 2.05) is 0 Å². The third kappa shape index (κ3) is 7.43. The van der Waals surface area contributed by atoms with E-state index >= 15 is 0 Å². The molecule has 13 nitrogen and oxygen atoms in total. The van der Waals surface area contributed by atoms with Crippen molar-refractivity contribution in [3.8, 4) is 0 Å². The summed E-state index contributed by atoms with van der Waals surface area (Å²) in [7, 11) is 0. The molecule has 1 heterocycles. The highest BCUT2D eigenvalue weighted by atomic mass is 35.5. The number of carbonyl (C=O) groups is 3. The molecule has 15 heteroatoms. The first-order valence-electron chi connectivity index (χ1n) is 13.4. The van der Waals surface area contributed by atoms with E-state index < -0.39 is 34.6 Å². The van der Waals surface area contributed by atoms with Gasteiger partial charge in [-0.1, -0.05) is 35.3 Å². The van der Waals surface area contributed by atoms with Gasteiger partial charge in [-0.2, -0.15) is 10.2 Å². The number of urea groups is 2. The van der Waals surface area contributed by atoms with Crippen molar-refractivity contribution in [1.29, 1.82) is 0 Å². The molecular formula is C29H29Cl2N7O6. The highest BCUT2D eigenvalue weighted by Gasteiger charge is 2.55. The van der Waals surface area contributed by atoms with Gasteiger partial charge in [0.1, 0.15) is 0 Å². The summed E-state index contributed by atoms with van der Waals surface area (Å²) in [6.45, 7) is 3.52. The second-order valence-corrected chi connectivity index (χ2v) is 11.2.